The molecule has 1 heterocycles. The number of methoxy groups -OCH3 is 1. The highest BCUT2D eigenvalue weighted by Crippen LogP contribution is 2.10. The molecule has 1 aromatic rings. The molecule has 0 bridgehead atoms. The first kappa shape index (κ1) is 12.9. The Morgan fingerprint density at radius 1 is 1.56 bits per heavy atom. The van der Waals surface area contributed by atoms with E-state index < -0.39 is 6.43 Å². The second-order valence-electron chi connectivity index (χ2n) is 3.52. The lowest BCUT2D eigenvalue weighted by atomic mass is 10.4. The van der Waals surface area contributed by atoms with Crippen LogP contribution in [0.4, 0.5) is 14.7 Å². The van der Waals surface area contributed by atoms with E-state index in [1.165, 1.54) is 4.57 Å². The molecule has 0 aliphatic heterocycles. The van der Waals surface area contributed by atoms with Crippen molar-refractivity contribution >= 4 is 5.95 Å². The lowest BCUT2D eigenvalue weighted by Crippen LogP contribution is -2.13. The molecule has 1 rings (SSSR count). The van der Waals surface area contributed by atoms with Crippen molar-refractivity contribution in [3.63, 3.8) is 0 Å². The molecule has 1 aromatic heterocycles. The Morgan fingerprint density at radius 2 is 2.31 bits per heavy atom. The van der Waals surface area contributed by atoms with Crippen LogP contribution in [0.15, 0.2) is 6.20 Å². The van der Waals surface area contributed by atoms with Gasteiger partial charge in [0.15, 0.2) is 0 Å². The summed E-state index contributed by atoms with van der Waals surface area (Å²) in [5.41, 5.74) is 0.731. The Kier molecular flexibility index (Phi) is 5.18. The van der Waals surface area contributed by atoms with E-state index in [4.69, 9.17) is 4.74 Å². The van der Waals surface area contributed by atoms with Crippen LogP contribution in [0.25, 0.3) is 0 Å². The molecule has 0 unspecified atom stereocenters. The van der Waals surface area contributed by atoms with Gasteiger partial charge in [0, 0.05) is 26.5 Å². The van der Waals surface area contributed by atoms with E-state index in [1.54, 1.807) is 20.2 Å². The first-order valence-electron chi connectivity index (χ1n) is 5.18. The van der Waals surface area contributed by atoms with Gasteiger partial charge in [-0.05, 0) is 13.3 Å². The monoisotopic (exact) mass is 233 g/mol. The Hall–Kier alpha value is -1.17. The highest BCUT2D eigenvalue weighted by Gasteiger charge is 2.09. The lowest BCUT2D eigenvalue weighted by Gasteiger charge is -2.08. The summed E-state index contributed by atoms with van der Waals surface area (Å²) < 4.78 is 30.8. The number of rotatable bonds is 7. The van der Waals surface area contributed by atoms with Crippen molar-refractivity contribution in [3.05, 3.63) is 11.9 Å². The average Bonchev–Trinajstić information content (AvgIpc) is 2.53. The van der Waals surface area contributed by atoms with Gasteiger partial charge in [-0.1, -0.05) is 0 Å². The van der Waals surface area contributed by atoms with E-state index >= 15 is 0 Å². The maximum Gasteiger partial charge on any atom is 0.256 e. The van der Waals surface area contributed by atoms with Gasteiger partial charge < -0.3 is 14.6 Å². The fourth-order valence-electron chi connectivity index (χ4n) is 1.39. The first-order valence-corrected chi connectivity index (χ1v) is 5.18. The molecule has 0 atom stereocenters. The van der Waals surface area contributed by atoms with Crippen molar-refractivity contribution in [3.8, 4) is 0 Å². The minimum absolute atomic E-state index is 0.326. The third-order valence-corrected chi connectivity index (χ3v) is 2.04. The SMILES string of the molecule is COCCCNc1nc(C)cn1CC(F)F. The van der Waals surface area contributed by atoms with Crippen molar-refractivity contribution in [1.82, 2.24) is 9.55 Å². The van der Waals surface area contributed by atoms with Gasteiger partial charge in [0.05, 0.1) is 12.2 Å². The van der Waals surface area contributed by atoms with Gasteiger partial charge in [0.2, 0.25) is 5.95 Å². The number of anilines is 1. The minimum atomic E-state index is -2.37. The van der Waals surface area contributed by atoms with Crippen LogP contribution in [0.3, 0.4) is 0 Å². The van der Waals surface area contributed by atoms with Crippen LogP contribution in [0.5, 0.6) is 0 Å². The van der Waals surface area contributed by atoms with Crippen molar-refractivity contribution < 1.29 is 13.5 Å². The van der Waals surface area contributed by atoms with E-state index in [1.807, 2.05) is 0 Å². The van der Waals surface area contributed by atoms with E-state index in [0.29, 0.717) is 19.1 Å². The Labute approximate surface area is 93.6 Å². The zero-order valence-electron chi connectivity index (χ0n) is 9.54. The van der Waals surface area contributed by atoms with Crippen LogP contribution < -0.4 is 5.32 Å². The third kappa shape index (κ3) is 4.14. The second kappa shape index (κ2) is 6.42. The standard InChI is InChI=1S/C10H17F2N3O/c1-8-6-15(7-9(11)12)10(14-8)13-4-3-5-16-2/h6,9H,3-5,7H2,1-2H3,(H,13,14). The number of halogens is 2. The van der Waals surface area contributed by atoms with Crippen molar-refractivity contribution in [1.29, 1.82) is 0 Å². The molecule has 0 amide bonds. The van der Waals surface area contributed by atoms with Crippen LogP contribution >= 0.6 is 0 Å². The maximum atomic E-state index is 12.3. The summed E-state index contributed by atoms with van der Waals surface area (Å²) in [6.45, 7) is 2.75. The molecule has 16 heavy (non-hydrogen) atoms. The van der Waals surface area contributed by atoms with Gasteiger partial charge in [0.25, 0.3) is 6.43 Å². The van der Waals surface area contributed by atoms with Crippen LogP contribution in [0.1, 0.15) is 12.1 Å². The molecule has 0 spiro atoms. The Morgan fingerprint density at radius 3 is 2.94 bits per heavy atom. The maximum absolute atomic E-state index is 12.3. The summed E-state index contributed by atoms with van der Waals surface area (Å²) in [5, 5.41) is 3.01. The molecule has 92 valence electrons. The second-order valence-corrected chi connectivity index (χ2v) is 3.52. The van der Waals surface area contributed by atoms with Crippen LogP contribution in [0, 0.1) is 6.92 Å². The van der Waals surface area contributed by atoms with Crippen LogP contribution in [-0.4, -0.2) is 36.2 Å². The number of nitrogens with one attached hydrogen (secondary N) is 1. The first-order chi connectivity index (χ1) is 7.63. The molecule has 6 heteroatoms. The smallest absolute Gasteiger partial charge is 0.256 e. The highest BCUT2D eigenvalue weighted by atomic mass is 19.3. The molecular formula is C10H17F2N3O. The number of hydrogen-bond acceptors (Lipinski definition) is 3. The zero-order chi connectivity index (χ0) is 12.0. The molecule has 0 aliphatic carbocycles. The van der Waals surface area contributed by atoms with Gasteiger partial charge >= 0.3 is 0 Å². The van der Waals surface area contributed by atoms with Gasteiger partial charge in [-0.2, -0.15) is 0 Å². The number of nitrogens with zero attached hydrogens (tertiary/aromatic N) is 2. The predicted octanol–water partition coefficient (Wildman–Crippen LogP) is 1.91. The quantitative estimate of drug-likeness (QED) is 0.731. The molecule has 0 saturated carbocycles. The normalized spacial score (nSPS) is 11.1. The van der Waals surface area contributed by atoms with Gasteiger partial charge in [-0.15, -0.1) is 0 Å². The summed E-state index contributed by atoms with van der Waals surface area (Å²) in [4.78, 5) is 4.14. The van der Waals surface area contributed by atoms with Crippen molar-refractivity contribution in [2.45, 2.75) is 26.3 Å². The lowest BCUT2D eigenvalue weighted by molar-refractivity contribution is 0.127. The summed E-state index contributed by atoms with van der Waals surface area (Å²) in [6, 6.07) is 0. The van der Waals surface area contributed by atoms with Crippen molar-refractivity contribution in [2.24, 2.45) is 0 Å². The predicted molar refractivity (Wildman–Crippen MR) is 58.0 cm³/mol. The molecule has 0 aromatic carbocycles. The number of hydrogen-bond donors (Lipinski definition) is 1. The number of alkyl halides is 2. The number of ether oxygens (including phenoxy) is 1. The Balaban J connectivity index is 2.50. The topological polar surface area (TPSA) is 39.1 Å². The van der Waals surface area contributed by atoms with Crippen LogP contribution in [0.2, 0.25) is 0 Å². The number of imidazole rings is 1. The molecule has 0 fully saturated rings. The number of aryl methyl sites for hydroxylation is 1. The zero-order valence-corrected chi connectivity index (χ0v) is 9.54. The largest absolute Gasteiger partial charge is 0.385 e. The van der Waals surface area contributed by atoms with Crippen LogP contribution in [-0.2, 0) is 11.3 Å². The van der Waals surface area contributed by atoms with E-state index in [2.05, 4.69) is 10.3 Å². The summed E-state index contributed by atoms with van der Waals surface area (Å²) >= 11 is 0. The third-order valence-electron chi connectivity index (χ3n) is 2.04. The minimum Gasteiger partial charge on any atom is -0.385 e. The molecular weight excluding hydrogens is 216 g/mol. The summed E-state index contributed by atoms with van der Waals surface area (Å²) in [7, 11) is 1.63. The highest BCUT2D eigenvalue weighted by molar-refractivity contribution is 5.28. The molecule has 0 radical (unpaired) electrons. The molecule has 0 aliphatic rings. The van der Waals surface area contributed by atoms with Gasteiger partial charge in [-0.3, -0.25) is 0 Å². The molecule has 0 saturated heterocycles. The van der Waals surface area contributed by atoms with E-state index in [0.717, 1.165) is 12.1 Å². The molecule has 4 nitrogen and oxygen atoms in total. The van der Waals surface area contributed by atoms with E-state index in [-0.39, 0.29) is 6.54 Å². The number of aromatic nitrogens is 2. The van der Waals surface area contributed by atoms with Gasteiger partial charge in [-0.25, -0.2) is 13.8 Å². The fraction of sp³-hybridized carbons (Fsp3) is 0.700. The van der Waals surface area contributed by atoms with Crippen molar-refractivity contribution in [2.75, 3.05) is 25.6 Å². The fourth-order valence-corrected chi connectivity index (χ4v) is 1.39. The average molecular weight is 233 g/mol. The summed E-state index contributed by atoms with van der Waals surface area (Å²) in [6.07, 6.45) is 0.0650. The van der Waals surface area contributed by atoms with E-state index in [9.17, 15) is 8.78 Å². The molecule has 1 N–H and O–H groups in total. The Bertz CT molecular complexity index is 315. The van der Waals surface area contributed by atoms with Gasteiger partial charge in [0.1, 0.15) is 0 Å². The summed E-state index contributed by atoms with van der Waals surface area (Å²) in [5.74, 6) is 0.494.